The highest BCUT2D eigenvalue weighted by Crippen LogP contribution is 2.26. The summed E-state index contributed by atoms with van der Waals surface area (Å²) in [6.45, 7) is 14.5. The Bertz CT molecular complexity index is 606. The normalized spacial score (nSPS) is 16.5. The Balaban J connectivity index is 2.96. The maximum atomic E-state index is 12.0. The molecule has 24 heavy (non-hydrogen) atoms. The van der Waals surface area contributed by atoms with Gasteiger partial charge in [0.15, 0.2) is 0 Å². The van der Waals surface area contributed by atoms with Crippen molar-refractivity contribution < 1.29 is 4.55 Å². The van der Waals surface area contributed by atoms with Crippen LogP contribution in [0.5, 0.6) is 0 Å². The lowest BCUT2D eigenvalue weighted by atomic mass is 9.90. The molecule has 0 radical (unpaired) electrons. The van der Waals surface area contributed by atoms with Crippen LogP contribution in [0.2, 0.25) is 0 Å². The monoisotopic (exact) mass is 345 g/mol. The van der Waals surface area contributed by atoms with Crippen LogP contribution in [0.1, 0.15) is 66.0 Å². The Morgan fingerprint density at radius 2 is 1.79 bits per heavy atom. The third kappa shape index (κ3) is 5.95. The van der Waals surface area contributed by atoms with Crippen LogP contribution in [-0.4, -0.2) is 15.5 Å². The van der Waals surface area contributed by atoms with Gasteiger partial charge in [-0.2, -0.15) is 0 Å². The molecule has 0 amide bonds. The topological polar surface area (TPSA) is 35.4 Å². The van der Waals surface area contributed by atoms with E-state index in [2.05, 4.69) is 56.4 Å². The Morgan fingerprint density at radius 1 is 1.21 bits per heavy atom. The van der Waals surface area contributed by atoms with Gasteiger partial charge in [0.1, 0.15) is 16.1 Å². The molecule has 0 bridgehead atoms. The molecule has 0 aliphatic rings. The van der Waals surface area contributed by atoms with Crippen molar-refractivity contribution in [2.24, 2.45) is 10.3 Å². The maximum Gasteiger partial charge on any atom is 0.144 e. The summed E-state index contributed by atoms with van der Waals surface area (Å²) >= 11 is -1.22. The summed E-state index contributed by atoms with van der Waals surface area (Å²) in [5, 5.41) is 0. The zero-order valence-electron chi connectivity index (χ0n) is 16.1. The van der Waals surface area contributed by atoms with Crippen molar-refractivity contribution in [3.63, 3.8) is 0 Å². The highest BCUT2D eigenvalue weighted by molar-refractivity contribution is 7.91. The fourth-order valence-electron chi connectivity index (χ4n) is 2.41. The van der Waals surface area contributed by atoms with E-state index in [-0.39, 0.29) is 4.75 Å². The third-order valence-corrected chi connectivity index (χ3v) is 5.52. The Hall–Kier alpha value is -1.32. The van der Waals surface area contributed by atoms with Crippen molar-refractivity contribution >= 4 is 23.1 Å². The summed E-state index contributed by atoms with van der Waals surface area (Å²) in [5.41, 5.74) is 4.93. The highest BCUT2D eigenvalue weighted by Gasteiger charge is 2.25. The van der Waals surface area contributed by atoms with E-state index in [9.17, 15) is 4.55 Å². The first-order valence-electron chi connectivity index (χ1n) is 8.57. The Morgan fingerprint density at radius 3 is 2.25 bits per heavy atom. The summed E-state index contributed by atoms with van der Waals surface area (Å²) in [7, 11) is 0. The standard InChI is InChI=1S/C21H31NOS/c1-8-10-19(9-2)16(3)17(4)20-13-11-18(12-14-20)15-22-24(23)21(5,6)7/h8,10-15,19H,9H2,1-7H3/b10-8-,17-16+,22-15+. The maximum absolute atomic E-state index is 12.0. The molecule has 3 heteroatoms. The molecule has 0 saturated heterocycles. The van der Waals surface area contributed by atoms with Gasteiger partial charge >= 0.3 is 0 Å². The van der Waals surface area contributed by atoms with Gasteiger partial charge in [-0.05, 0) is 70.6 Å². The fourth-order valence-corrected chi connectivity index (χ4v) is 2.94. The van der Waals surface area contributed by atoms with Crippen LogP contribution >= 0.6 is 0 Å². The van der Waals surface area contributed by atoms with Crippen molar-refractivity contribution in [1.82, 2.24) is 0 Å². The Labute approximate surface area is 151 Å². The van der Waals surface area contributed by atoms with E-state index < -0.39 is 11.4 Å². The number of rotatable bonds is 6. The van der Waals surface area contributed by atoms with E-state index in [1.165, 1.54) is 16.7 Å². The minimum Gasteiger partial charge on any atom is -0.591 e. The van der Waals surface area contributed by atoms with Gasteiger partial charge in [0.05, 0.1) is 6.21 Å². The van der Waals surface area contributed by atoms with Crippen molar-refractivity contribution in [2.45, 2.75) is 59.6 Å². The summed E-state index contributed by atoms with van der Waals surface area (Å²) in [4.78, 5) is 0. The van der Waals surface area contributed by atoms with Crippen LogP contribution in [-0.2, 0) is 11.4 Å². The molecule has 0 saturated carbocycles. The molecule has 2 unspecified atom stereocenters. The zero-order valence-corrected chi connectivity index (χ0v) is 16.9. The minimum atomic E-state index is -1.22. The number of hydrogen-bond donors (Lipinski definition) is 0. The largest absolute Gasteiger partial charge is 0.591 e. The first kappa shape index (κ1) is 20.7. The predicted molar refractivity (Wildman–Crippen MR) is 109 cm³/mol. The lowest BCUT2D eigenvalue weighted by Crippen LogP contribution is -2.25. The van der Waals surface area contributed by atoms with E-state index in [1.54, 1.807) is 6.21 Å². The molecule has 2 atom stereocenters. The Kier molecular flexibility index (Phi) is 7.98. The molecule has 1 aromatic rings. The van der Waals surface area contributed by atoms with E-state index in [4.69, 9.17) is 0 Å². The summed E-state index contributed by atoms with van der Waals surface area (Å²) in [6.07, 6.45) is 7.20. The van der Waals surface area contributed by atoms with Crippen LogP contribution in [0.4, 0.5) is 0 Å². The van der Waals surface area contributed by atoms with Crippen LogP contribution in [0.15, 0.2) is 46.4 Å². The molecule has 1 aromatic carbocycles. The van der Waals surface area contributed by atoms with E-state index in [0.29, 0.717) is 5.92 Å². The number of hydrogen-bond acceptors (Lipinski definition) is 2. The summed E-state index contributed by atoms with van der Waals surface area (Å²) < 4.78 is 15.8. The second-order valence-corrected chi connectivity index (χ2v) is 9.00. The minimum absolute atomic E-state index is 0.325. The summed E-state index contributed by atoms with van der Waals surface area (Å²) in [6, 6.07) is 8.29. The van der Waals surface area contributed by atoms with Crippen molar-refractivity contribution in [2.75, 3.05) is 0 Å². The van der Waals surface area contributed by atoms with Gasteiger partial charge in [0.2, 0.25) is 0 Å². The number of nitrogens with zero attached hydrogens (tertiary/aromatic N) is 1. The lowest BCUT2D eigenvalue weighted by Gasteiger charge is -2.17. The average molecular weight is 346 g/mol. The van der Waals surface area contributed by atoms with Crippen LogP contribution in [0.3, 0.4) is 0 Å². The molecule has 0 aliphatic heterocycles. The van der Waals surface area contributed by atoms with Gasteiger partial charge in [-0.3, -0.25) is 0 Å². The van der Waals surface area contributed by atoms with Crippen LogP contribution in [0.25, 0.3) is 5.57 Å². The van der Waals surface area contributed by atoms with E-state index >= 15 is 0 Å². The lowest BCUT2D eigenvalue weighted by molar-refractivity contribution is 0.562. The fraction of sp³-hybridized carbons (Fsp3) is 0.476. The molecule has 2 nitrogen and oxygen atoms in total. The molecule has 0 aromatic heterocycles. The number of benzene rings is 1. The second-order valence-electron chi connectivity index (χ2n) is 7.07. The average Bonchev–Trinajstić information content (AvgIpc) is 2.55. The van der Waals surface area contributed by atoms with Gasteiger partial charge in [-0.15, -0.1) is 0 Å². The molecule has 132 valence electrons. The van der Waals surface area contributed by atoms with Gasteiger partial charge in [-0.1, -0.05) is 53.3 Å². The van der Waals surface area contributed by atoms with Gasteiger partial charge in [0, 0.05) is 0 Å². The van der Waals surface area contributed by atoms with Crippen molar-refractivity contribution in [1.29, 1.82) is 0 Å². The van der Waals surface area contributed by atoms with Gasteiger partial charge in [-0.25, -0.2) is 0 Å². The molecule has 0 aliphatic carbocycles. The van der Waals surface area contributed by atoms with E-state index in [1.807, 2.05) is 32.9 Å². The van der Waals surface area contributed by atoms with Crippen LogP contribution in [0, 0.1) is 5.92 Å². The zero-order chi connectivity index (χ0) is 18.3. The molecule has 0 N–H and O–H groups in total. The molecule has 1 rings (SSSR count). The van der Waals surface area contributed by atoms with E-state index in [0.717, 1.165) is 12.0 Å². The van der Waals surface area contributed by atoms with Crippen molar-refractivity contribution in [3.05, 3.63) is 53.1 Å². The van der Waals surface area contributed by atoms with Gasteiger partial charge < -0.3 is 4.55 Å². The molecular weight excluding hydrogens is 314 g/mol. The molecule has 0 heterocycles. The quantitative estimate of drug-likeness (QED) is 0.356. The SMILES string of the molecule is C/C=C\C(CC)/C(C)=C(\C)c1ccc(/C=N/[S+]([O-])C(C)(C)C)cc1. The first-order valence-corrected chi connectivity index (χ1v) is 9.68. The third-order valence-electron chi connectivity index (χ3n) is 4.18. The molecule has 0 fully saturated rings. The summed E-state index contributed by atoms with van der Waals surface area (Å²) in [5.74, 6) is 0.491. The predicted octanol–water partition coefficient (Wildman–Crippen LogP) is 5.96. The molecule has 0 spiro atoms. The second kappa shape index (κ2) is 9.24. The molecular formula is C21H31NOS. The van der Waals surface area contributed by atoms with Crippen molar-refractivity contribution in [3.8, 4) is 0 Å². The number of allylic oxidation sites excluding steroid dienone is 4. The highest BCUT2D eigenvalue weighted by atomic mass is 32.2. The van der Waals surface area contributed by atoms with Gasteiger partial charge in [0.25, 0.3) is 0 Å². The smallest absolute Gasteiger partial charge is 0.144 e. The first-order chi connectivity index (χ1) is 11.2. The van der Waals surface area contributed by atoms with Crippen LogP contribution < -0.4 is 0 Å².